The summed E-state index contributed by atoms with van der Waals surface area (Å²) in [4.78, 5) is 10.1. The van der Waals surface area contributed by atoms with E-state index in [-0.39, 0.29) is 5.70 Å². The molecule has 0 aromatic rings. The Balaban J connectivity index is 2.73. The van der Waals surface area contributed by atoms with Crippen molar-refractivity contribution < 1.29 is 5.11 Å². The van der Waals surface area contributed by atoms with E-state index in [1.165, 1.54) is 0 Å². The lowest BCUT2D eigenvalue weighted by Gasteiger charge is -2.08. The molecule has 1 rings (SSSR count). The molecule has 1 aliphatic carbocycles. The van der Waals surface area contributed by atoms with Crippen molar-refractivity contribution in [2.45, 2.75) is 25.4 Å². The Hall–Kier alpha value is -1.22. The number of hydrogen-bond donors (Lipinski definition) is 1. The third kappa shape index (κ3) is 2.63. The number of nitrogens with zero attached hydrogens (tertiary/aromatic N) is 1. The standard InChI is InChI=1S/C10H13NO2/c1-8(11-13)10(12)9-6-4-2-3-5-7-9/h4,6-7,10,12H,1-3,5H2. The van der Waals surface area contributed by atoms with E-state index in [1.54, 1.807) is 0 Å². The Morgan fingerprint density at radius 2 is 2.38 bits per heavy atom. The van der Waals surface area contributed by atoms with Crippen LogP contribution in [-0.4, -0.2) is 11.2 Å². The van der Waals surface area contributed by atoms with Crippen LogP contribution < -0.4 is 0 Å². The summed E-state index contributed by atoms with van der Waals surface area (Å²) >= 11 is 0. The Morgan fingerprint density at radius 1 is 1.62 bits per heavy atom. The summed E-state index contributed by atoms with van der Waals surface area (Å²) < 4.78 is 0. The fourth-order valence-corrected chi connectivity index (χ4v) is 1.24. The van der Waals surface area contributed by atoms with Gasteiger partial charge in [0.2, 0.25) is 0 Å². The van der Waals surface area contributed by atoms with Gasteiger partial charge in [0.25, 0.3) is 0 Å². The molecule has 13 heavy (non-hydrogen) atoms. The van der Waals surface area contributed by atoms with Crippen LogP contribution in [0.25, 0.3) is 0 Å². The van der Waals surface area contributed by atoms with E-state index in [4.69, 9.17) is 0 Å². The highest BCUT2D eigenvalue weighted by molar-refractivity contribution is 5.30. The first kappa shape index (κ1) is 9.86. The van der Waals surface area contributed by atoms with Crippen LogP contribution in [0.5, 0.6) is 0 Å². The zero-order valence-corrected chi connectivity index (χ0v) is 7.44. The Kier molecular flexibility index (Phi) is 3.58. The van der Waals surface area contributed by atoms with Crippen molar-refractivity contribution in [3.05, 3.63) is 41.0 Å². The molecule has 1 aliphatic rings. The van der Waals surface area contributed by atoms with Gasteiger partial charge in [-0.05, 0) is 30.0 Å². The smallest absolute Gasteiger partial charge is 0.124 e. The van der Waals surface area contributed by atoms with Crippen molar-refractivity contribution in [2.75, 3.05) is 0 Å². The topological polar surface area (TPSA) is 49.7 Å². The summed E-state index contributed by atoms with van der Waals surface area (Å²) in [7, 11) is 0. The molecular weight excluding hydrogens is 166 g/mol. The SMILES string of the molecule is C=C(N=O)C(O)C1=CCCCC=C1. The molecule has 0 radical (unpaired) electrons. The fourth-order valence-electron chi connectivity index (χ4n) is 1.24. The van der Waals surface area contributed by atoms with Crippen LogP contribution >= 0.6 is 0 Å². The average Bonchev–Trinajstić information content (AvgIpc) is 2.43. The van der Waals surface area contributed by atoms with Gasteiger partial charge in [-0.25, -0.2) is 0 Å². The van der Waals surface area contributed by atoms with Gasteiger partial charge in [0, 0.05) is 0 Å². The molecule has 0 aromatic heterocycles. The Bertz CT molecular complexity index is 266. The zero-order valence-electron chi connectivity index (χ0n) is 7.44. The third-order valence-electron chi connectivity index (χ3n) is 2.01. The molecule has 3 nitrogen and oxygen atoms in total. The number of rotatable bonds is 3. The molecule has 0 fully saturated rings. The minimum atomic E-state index is -0.938. The monoisotopic (exact) mass is 179 g/mol. The van der Waals surface area contributed by atoms with Gasteiger partial charge in [-0.15, -0.1) is 4.91 Å². The number of nitroso groups, excluding NO2 is 1. The van der Waals surface area contributed by atoms with Crippen molar-refractivity contribution in [2.24, 2.45) is 5.18 Å². The molecule has 0 saturated heterocycles. The van der Waals surface area contributed by atoms with Crippen LogP contribution in [0.15, 0.2) is 41.3 Å². The molecule has 0 saturated carbocycles. The average molecular weight is 179 g/mol. The Morgan fingerprint density at radius 3 is 3.08 bits per heavy atom. The first-order chi connectivity index (χ1) is 6.25. The second-order valence-corrected chi connectivity index (χ2v) is 3.02. The summed E-state index contributed by atoms with van der Waals surface area (Å²) in [5.74, 6) is 0. The van der Waals surface area contributed by atoms with Crippen LogP contribution in [0.4, 0.5) is 0 Å². The van der Waals surface area contributed by atoms with E-state index in [9.17, 15) is 10.0 Å². The predicted octanol–water partition coefficient (Wildman–Crippen LogP) is 2.29. The molecule has 0 bridgehead atoms. The highest BCUT2D eigenvalue weighted by atomic mass is 16.3. The van der Waals surface area contributed by atoms with Crippen LogP contribution in [0.1, 0.15) is 19.3 Å². The van der Waals surface area contributed by atoms with Crippen LogP contribution in [0, 0.1) is 4.91 Å². The van der Waals surface area contributed by atoms with Gasteiger partial charge in [-0.2, -0.15) is 0 Å². The number of hydrogen-bond acceptors (Lipinski definition) is 3. The highest BCUT2D eigenvalue weighted by Crippen LogP contribution is 2.17. The highest BCUT2D eigenvalue weighted by Gasteiger charge is 2.13. The van der Waals surface area contributed by atoms with Crippen LogP contribution in [0.2, 0.25) is 0 Å². The van der Waals surface area contributed by atoms with Crippen LogP contribution in [0.3, 0.4) is 0 Å². The van der Waals surface area contributed by atoms with Gasteiger partial charge in [-0.1, -0.05) is 24.8 Å². The molecule has 1 atom stereocenters. The first-order valence-electron chi connectivity index (χ1n) is 4.32. The van der Waals surface area contributed by atoms with E-state index in [0.29, 0.717) is 0 Å². The van der Waals surface area contributed by atoms with E-state index < -0.39 is 6.10 Å². The molecule has 0 amide bonds. The summed E-state index contributed by atoms with van der Waals surface area (Å²) in [6, 6.07) is 0. The summed E-state index contributed by atoms with van der Waals surface area (Å²) in [5.41, 5.74) is 0.694. The molecule has 0 spiro atoms. The molecule has 0 heterocycles. The lowest BCUT2D eigenvalue weighted by molar-refractivity contribution is 0.249. The summed E-state index contributed by atoms with van der Waals surface area (Å²) in [6.07, 6.45) is 7.80. The van der Waals surface area contributed by atoms with Gasteiger partial charge < -0.3 is 5.11 Å². The largest absolute Gasteiger partial charge is 0.382 e. The minimum Gasteiger partial charge on any atom is -0.382 e. The van der Waals surface area contributed by atoms with Gasteiger partial charge in [-0.3, -0.25) is 0 Å². The maximum absolute atomic E-state index is 10.1. The minimum absolute atomic E-state index is 0.0298. The van der Waals surface area contributed by atoms with Crippen molar-refractivity contribution in [1.29, 1.82) is 0 Å². The number of aliphatic hydroxyl groups excluding tert-OH is 1. The molecule has 1 N–H and O–H groups in total. The zero-order chi connectivity index (χ0) is 9.68. The molecule has 0 aliphatic heterocycles. The van der Waals surface area contributed by atoms with Crippen molar-refractivity contribution in [1.82, 2.24) is 0 Å². The molecular formula is C10H13NO2. The lowest BCUT2D eigenvalue weighted by atomic mass is 10.1. The van der Waals surface area contributed by atoms with Crippen LogP contribution in [-0.2, 0) is 0 Å². The summed E-state index contributed by atoms with van der Waals surface area (Å²) in [6.45, 7) is 3.38. The normalized spacial score (nSPS) is 18.7. The van der Waals surface area contributed by atoms with Gasteiger partial charge in [0.15, 0.2) is 0 Å². The Labute approximate surface area is 77.4 Å². The van der Waals surface area contributed by atoms with E-state index in [2.05, 4.69) is 11.8 Å². The maximum atomic E-state index is 10.1. The van der Waals surface area contributed by atoms with Crippen molar-refractivity contribution in [3.8, 4) is 0 Å². The van der Waals surface area contributed by atoms with Crippen molar-refractivity contribution >= 4 is 0 Å². The second kappa shape index (κ2) is 4.72. The molecule has 3 heteroatoms. The van der Waals surface area contributed by atoms with E-state index in [0.717, 1.165) is 24.8 Å². The van der Waals surface area contributed by atoms with E-state index >= 15 is 0 Å². The summed E-state index contributed by atoms with van der Waals surface area (Å²) in [5, 5.41) is 12.2. The van der Waals surface area contributed by atoms with Crippen molar-refractivity contribution in [3.63, 3.8) is 0 Å². The second-order valence-electron chi connectivity index (χ2n) is 3.02. The lowest BCUT2D eigenvalue weighted by Crippen LogP contribution is -2.09. The first-order valence-corrected chi connectivity index (χ1v) is 4.32. The fraction of sp³-hybridized carbons (Fsp3) is 0.400. The number of aliphatic hydroxyl groups is 1. The van der Waals surface area contributed by atoms with E-state index in [1.807, 2.05) is 18.2 Å². The molecule has 0 aromatic carbocycles. The number of allylic oxidation sites excluding steroid dienone is 2. The van der Waals surface area contributed by atoms with Gasteiger partial charge >= 0.3 is 0 Å². The molecule has 1 unspecified atom stereocenters. The third-order valence-corrected chi connectivity index (χ3v) is 2.01. The predicted molar refractivity (Wildman–Crippen MR) is 52.0 cm³/mol. The maximum Gasteiger partial charge on any atom is 0.124 e. The van der Waals surface area contributed by atoms with Gasteiger partial charge in [0.1, 0.15) is 11.8 Å². The molecule has 70 valence electrons. The quantitative estimate of drug-likeness (QED) is 0.676. The van der Waals surface area contributed by atoms with Gasteiger partial charge in [0.05, 0.1) is 0 Å².